The van der Waals surface area contributed by atoms with Crippen molar-refractivity contribution in [3.05, 3.63) is 41.0 Å². The molecule has 1 aromatic carbocycles. The maximum absolute atomic E-state index is 12.2. The predicted octanol–water partition coefficient (Wildman–Crippen LogP) is 1.74. The molecule has 1 unspecified atom stereocenters. The van der Waals surface area contributed by atoms with Crippen LogP contribution in [0.1, 0.15) is 32.4 Å². The lowest BCUT2D eigenvalue weighted by molar-refractivity contribution is -0.118. The quantitative estimate of drug-likeness (QED) is 0.739. The van der Waals surface area contributed by atoms with Gasteiger partial charge in [-0.05, 0) is 37.1 Å². The van der Waals surface area contributed by atoms with Gasteiger partial charge in [-0.25, -0.2) is 0 Å². The van der Waals surface area contributed by atoms with Crippen molar-refractivity contribution < 1.29 is 9.59 Å². The van der Waals surface area contributed by atoms with Crippen LogP contribution >= 0.6 is 0 Å². The number of amides is 2. The van der Waals surface area contributed by atoms with E-state index in [2.05, 4.69) is 16.0 Å². The SMILES string of the molecule is CC(=O)Nc1cccc(C(C)NC(=O)C(C)=C2CNC2)c1. The Morgan fingerprint density at radius 1 is 1.24 bits per heavy atom. The number of rotatable bonds is 4. The Morgan fingerprint density at radius 2 is 1.95 bits per heavy atom. The van der Waals surface area contributed by atoms with E-state index in [9.17, 15) is 9.59 Å². The molecule has 0 spiro atoms. The molecule has 1 saturated heterocycles. The molecule has 0 radical (unpaired) electrons. The Kier molecular flexibility index (Phi) is 4.75. The van der Waals surface area contributed by atoms with Gasteiger partial charge in [0.25, 0.3) is 0 Å². The van der Waals surface area contributed by atoms with Gasteiger partial charge in [0.15, 0.2) is 0 Å². The van der Waals surface area contributed by atoms with Crippen molar-refractivity contribution in [1.29, 1.82) is 0 Å². The molecule has 1 atom stereocenters. The van der Waals surface area contributed by atoms with Crippen molar-refractivity contribution in [3.8, 4) is 0 Å². The van der Waals surface area contributed by atoms with E-state index in [4.69, 9.17) is 0 Å². The zero-order valence-corrected chi connectivity index (χ0v) is 12.6. The van der Waals surface area contributed by atoms with Crippen molar-refractivity contribution >= 4 is 17.5 Å². The number of benzene rings is 1. The molecular weight excluding hydrogens is 266 g/mol. The van der Waals surface area contributed by atoms with Gasteiger partial charge in [-0.1, -0.05) is 12.1 Å². The van der Waals surface area contributed by atoms with Crippen LogP contribution in [0.3, 0.4) is 0 Å². The lowest BCUT2D eigenvalue weighted by Gasteiger charge is -2.23. The Balaban J connectivity index is 2.04. The first kappa shape index (κ1) is 15.3. The fourth-order valence-electron chi connectivity index (χ4n) is 2.15. The Labute approximate surface area is 124 Å². The molecule has 0 aliphatic carbocycles. The van der Waals surface area contributed by atoms with Crippen LogP contribution in [-0.2, 0) is 9.59 Å². The number of hydrogen-bond acceptors (Lipinski definition) is 3. The molecule has 1 aliphatic heterocycles. The molecule has 0 bridgehead atoms. The van der Waals surface area contributed by atoms with Gasteiger partial charge < -0.3 is 16.0 Å². The minimum atomic E-state index is -0.116. The summed E-state index contributed by atoms with van der Waals surface area (Å²) in [6, 6.07) is 7.38. The molecule has 1 aromatic rings. The van der Waals surface area contributed by atoms with Gasteiger partial charge in [0.1, 0.15) is 0 Å². The van der Waals surface area contributed by atoms with Crippen LogP contribution < -0.4 is 16.0 Å². The van der Waals surface area contributed by atoms with Crippen LogP contribution in [0.5, 0.6) is 0 Å². The minimum Gasteiger partial charge on any atom is -0.346 e. The molecule has 5 heteroatoms. The van der Waals surface area contributed by atoms with E-state index in [0.717, 1.165) is 35.5 Å². The topological polar surface area (TPSA) is 70.2 Å². The van der Waals surface area contributed by atoms with Crippen molar-refractivity contribution in [2.75, 3.05) is 18.4 Å². The summed E-state index contributed by atoms with van der Waals surface area (Å²) in [5.74, 6) is -0.147. The second-order valence-corrected chi connectivity index (χ2v) is 5.33. The third-order valence-corrected chi connectivity index (χ3v) is 3.60. The number of anilines is 1. The molecule has 112 valence electrons. The van der Waals surface area contributed by atoms with Gasteiger partial charge >= 0.3 is 0 Å². The van der Waals surface area contributed by atoms with Crippen LogP contribution in [0.4, 0.5) is 5.69 Å². The van der Waals surface area contributed by atoms with Crippen molar-refractivity contribution in [2.45, 2.75) is 26.8 Å². The van der Waals surface area contributed by atoms with E-state index in [1.54, 1.807) is 0 Å². The summed E-state index contributed by atoms with van der Waals surface area (Å²) >= 11 is 0. The molecular formula is C16H21N3O2. The summed E-state index contributed by atoms with van der Waals surface area (Å²) in [4.78, 5) is 23.2. The van der Waals surface area contributed by atoms with E-state index < -0.39 is 0 Å². The van der Waals surface area contributed by atoms with Gasteiger partial charge in [0, 0.05) is 31.3 Å². The van der Waals surface area contributed by atoms with E-state index in [1.165, 1.54) is 6.92 Å². The zero-order chi connectivity index (χ0) is 15.4. The third-order valence-electron chi connectivity index (χ3n) is 3.60. The Bertz CT molecular complexity index is 587. The summed E-state index contributed by atoms with van der Waals surface area (Å²) in [7, 11) is 0. The molecule has 2 rings (SSSR count). The second kappa shape index (κ2) is 6.54. The molecule has 2 amide bonds. The van der Waals surface area contributed by atoms with Gasteiger partial charge in [-0.15, -0.1) is 0 Å². The predicted molar refractivity (Wildman–Crippen MR) is 82.9 cm³/mol. The number of carbonyl (C=O) groups is 2. The summed E-state index contributed by atoms with van der Waals surface area (Å²) in [6.45, 7) is 6.85. The molecule has 1 aliphatic rings. The summed E-state index contributed by atoms with van der Waals surface area (Å²) < 4.78 is 0. The molecule has 0 saturated carbocycles. The van der Waals surface area contributed by atoms with Crippen molar-refractivity contribution in [2.24, 2.45) is 0 Å². The molecule has 5 nitrogen and oxygen atoms in total. The van der Waals surface area contributed by atoms with Gasteiger partial charge in [0.05, 0.1) is 6.04 Å². The highest BCUT2D eigenvalue weighted by molar-refractivity contribution is 5.94. The maximum Gasteiger partial charge on any atom is 0.247 e. The maximum atomic E-state index is 12.2. The normalized spacial score (nSPS) is 14.9. The Hall–Kier alpha value is -2.14. The van der Waals surface area contributed by atoms with Gasteiger partial charge in [-0.2, -0.15) is 0 Å². The fraction of sp³-hybridized carbons (Fsp3) is 0.375. The molecule has 1 fully saturated rings. The average Bonchev–Trinajstić information content (AvgIpc) is 2.36. The number of nitrogens with one attached hydrogen (secondary N) is 3. The van der Waals surface area contributed by atoms with E-state index >= 15 is 0 Å². The molecule has 1 heterocycles. The number of carbonyl (C=O) groups excluding carboxylic acids is 2. The summed E-state index contributed by atoms with van der Waals surface area (Å²) in [5, 5.41) is 8.86. The van der Waals surface area contributed by atoms with E-state index in [1.807, 2.05) is 38.1 Å². The van der Waals surface area contributed by atoms with Crippen LogP contribution in [0.2, 0.25) is 0 Å². The smallest absolute Gasteiger partial charge is 0.247 e. The van der Waals surface area contributed by atoms with E-state index in [0.29, 0.717) is 0 Å². The summed E-state index contributed by atoms with van der Waals surface area (Å²) in [5.41, 5.74) is 3.64. The minimum absolute atomic E-state index is 0.0380. The van der Waals surface area contributed by atoms with E-state index in [-0.39, 0.29) is 17.9 Å². The molecule has 3 N–H and O–H groups in total. The van der Waals surface area contributed by atoms with Crippen LogP contribution in [-0.4, -0.2) is 24.9 Å². The largest absolute Gasteiger partial charge is 0.346 e. The van der Waals surface area contributed by atoms with Gasteiger partial charge in [-0.3, -0.25) is 9.59 Å². The van der Waals surface area contributed by atoms with Crippen LogP contribution in [0, 0.1) is 0 Å². The van der Waals surface area contributed by atoms with Crippen molar-refractivity contribution in [1.82, 2.24) is 10.6 Å². The fourth-order valence-corrected chi connectivity index (χ4v) is 2.15. The standard InChI is InChI=1S/C16H21N3O2/c1-10(14-8-17-9-14)16(21)18-11(2)13-5-4-6-15(7-13)19-12(3)20/h4-7,11,17H,8-9H2,1-3H3,(H,18,21)(H,19,20). The van der Waals surface area contributed by atoms with Crippen LogP contribution in [0.25, 0.3) is 0 Å². The lowest BCUT2D eigenvalue weighted by atomic mass is 10.0. The monoisotopic (exact) mass is 287 g/mol. The Morgan fingerprint density at radius 3 is 2.52 bits per heavy atom. The first-order valence-corrected chi connectivity index (χ1v) is 7.05. The highest BCUT2D eigenvalue weighted by Crippen LogP contribution is 2.18. The molecule has 0 aromatic heterocycles. The molecule has 21 heavy (non-hydrogen) atoms. The van der Waals surface area contributed by atoms with Crippen LogP contribution in [0.15, 0.2) is 35.4 Å². The van der Waals surface area contributed by atoms with Gasteiger partial charge in [0.2, 0.25) is 11.8 Å². The highest BCUT2D eigenvalue weighted by atomic mass is 16.2. The second-order valence-electron chi connectivity index (χ2n) is 5.33. The summed E-state index contributed by atoms with van der Waals surface area (Å²) in [6.07, 6.45) is 0. The zero-order valence-electron chi connectivity index (χ0n) is 12.6. The third kappa shape index (κ3) is 3.92. The number of hydrogen-bond donors (Lipinski definition) is 3. The highest BCUT2D eigenvalue weighted by Gasteiger charge is 2.18. The average molecular weight is 287 g/mol. The first-order valence-electron chi connectivity index (χ1n) is 7.05. The van der Waals surface area contributed by atoms with Crippen molar-refractivity contribution in [3.63, 3.8) is 0 Å². The first-order chi connectivity index (χ1) is 9.97. The lowest BCUT2D eigenvalue weighted by Crippen LogP contribution is -2.38.